The third-order valence-corrected chi connectivity index (χ3v) is 4.58. The number of alkyl halides is 3. The summed E-state index contributed by atoms with van der Waals surface area (Å²) in [5, 5.41) is 3.25. The Morgan fingerprint density at radius 2 is 2.10 bits per heavy atom. The SMILES string of the molecule is CC(C)N1CCC(CNc2ccc(C(F)(F)F)cc2Br)C1. The van der Waals surface area contributed by atoms with Crippen molar-refractivity contribution in [3.63, 3.8) is 0 Å². The normalized spacial score (nSPS) is 20.2. The van der Waals surface area contributed by atoms with E-state index >= 15 is 0 Å². The van der Waals surface area contributed by atoms with Crippen molar-refractivity contribution in [3.8, 4) is 0 Å². The van der Waals surface area contributed by atoms with Gasteiger partial charge in [0.2, 0.25) is 0 Å². The number of hydrogen-bond acceptors (Lipinski definition) is 2. The molecule has 2 rings (SSSR count). The van der Waals surface area contributed by atoms with Crippen molar-refractivity contribution >= 4 is 21.6 Å². The van der Waals surface area contributed by atoms with E-state index in [1.54, 1.807) is 0 Å². The van der Waals surface area contributed by atoms with E-state index in [1.165, 1.54) is 6.07 Å². The lowest BCUT2D eigenvalue weighted by Crippen LogP contribution is -2.29. The molecule has 0 aromatic heterocycles. The average Bonchev–Trinajstić information content (AvgIpc) is 2.85. The lowest BCUT2D eigenvalue weighted by Gasteiger charge is -2.20. The predicted octanol–water partition coefficient (Wildman–Crippen LogP) is 4.61. The van der Waals surface area contributed by atoms with Gasteiger partial charge in [0.15, 0.2) is 0 Å². The molecule has 1 aromatic rings. The number of nitrogens with zero attached hydrogens (tertiary/aromatic N) is 1. The minimum Gasteiger partial charge on any atom is -0.384 e. The van der Waals surface area contributed by atoms with Gasteiger partial charge < -0.3 is 10.2 Å². The molecule has 1 aliphatic heterocycles. The van der Waals surface area contributed by atoms with E-state index in [9.17, 15) is 13.2 Å². The Balaban J connectivity index is 1.92. The Morgan fingerprint density at radius 3 is 2.62 bits per heavy atom. The van der Waals surface area contributed by atoms with Crippen LogP contribution >= 0.6 is 15.9 Å². The van der Waals surface area contributed by atoms with E-state index in [4.69, 9.17) is 0 Å². The van der Waals surface area contributed by atoms with Crippen molar-refractivity contribution in [2.45, 2.75) is 32.5 Å². The van der Waals surface area contributed by atoms with Crippen LogP contribution in [-0.4, -0.2) is 30.6 Å². The zero-order chi connectivity index (χ0) is 15.6. The van der Waals surface area contributed by atoms with E-state index in [0.29, 0.717) is 22.1 Å². The monoisotopic (exact) mass is 364 g/mol. The molecule has 0 radical (unpaired) electrons. The van der Waals surface area contributed by atoms with E-state index in [-0.39, 0.29) is 0 Å². The van der Waals surface area contributed by atoms with E-state index in [2.05, 4.69) is 40.0 Å². The van der Waals surface area contributed by atoms with Gasteiger partial charge in [-0.05, 0) is 66.9 Å². The first-order valence-electron chi connectivity index (χ1n) is 7.12. The Labute approximate surface area is 131 Å². The van der Waals surface area contributed by atoms with Gasteiger partial charge in [-0.15, -0.1) is 0 Å². The third kappa shape index (κ3) is 4.36. The standard InChI is InChI=1S/C15H20BrF3N2/c1-10(2)21-6-5-11(9-21)8-20-14-4-3-12(7-13(14)16)15(17,18)19/h3-4,7,10-11,20H,5-6,8-9H2,1-2H3. The molecule has 0 aliphatic carbocycles. The summed E-state index contributed by atoms with van der Waals surface area (Å²) >= 11 is 3.21. The van der Waals surface area contributed by atoms with Gasteiger partial charge in [0.1, 0.15) is 0 Å². The minimum atomic E-state index is -4.30. The van der Waals surface area contributed by atoms with Gasteiger partial charge in [0.05, 0.1) is 5.56 Å². The molecule has 1 aliphatic rings. The highest BCUT2D eigenvalue weighted by atomic mass is 79.9. The van der Waals surface area contributed by atoms with Gasteiger partial charge in [-0.3, -0.25) is 0 Å². The fourth-order valence-electron chi connectivity index (χ4n) is 2.59. The molecule has 1 atom stereocenters. The fraction of sp³-hybridized carbons (Fsp3) is 0.600. The summed E-state index contributed by atoms with van der Waals surface area (Å²) in [6, 6.07) is 4.27. The molecule has 21 heavy (non-hydrogen) atoms. The van der Waals surface area contributed by atoms with Gasteiger partial charge in [-0.2, -0.15) is 13.2 Å². The molecule has 1 aromatic carbocycles. The molecule has 1 saturated heterocycles. The Bertz CT molecular complexity index is 488. The minimum absolute atomic E-state index is 0.455. The van der Waals surface area contributed by atoms with Gasteiger partial charge in [0, 0.05) is 29.3 Å². The third-order valence-electron chi connectivity index (χ3n) is 3.93. The predicted molar refractivity (Wildman–Crippen MR) is 82.4 cm³/mol. The number of rotatable bonds is 4. The van der Waals surface area contributed by atoms with Crippen LogP contribution in [0, 0.1) is 5.92 Å². The number of likely N-dealkylation sites (tertiary alicyclic amines) is 1. The van der Waals surface area contributed by atoms with E-state index < -0.39 is 11.7 Å². The molecule has 1 unspecified atom stereocenters. The van der Waals surface area contributed by atoms with Crippen molar-refractivity contribution in [1.82, 2.24) is 4.90 Å². The molecule has 118 valence electrons. The summed E-state index contributed by atoms with van der Waals surface area (Å²) in [6.45, 7) is 7.29. The zero-order valence-electron chi connectivity index (χ0n) is 12.2. The van der Waals surface area contributed by atoms with Gasteiger partial charge in [-0.1, -0.05) is 0 Å². The smallest absolute Gasteiger partial charge is 0.384 e. The number of nitrogens with one attached hydrogen (secondary N) is 1. The maximum absolute atomic E-state index is 12.6. The molecule has 0 spiro atoms. The number of hydrogen-bond donors (Lipinski definition) is 1. The van der Waals surface area contributed by atoms with Crippen molar-refractivity contribution in [3.05, 3.63) is 28.2 Å². The van der Waals surface area contributed by atoms with Crippen LogP contribution in [0.1, 0.15) is 25.8 Å². The Morgan fingerprint density at radius 1 is 1.38 bits per heavy atom. The molecular weight excluding hydrogens is 345 g/mol. The summed E-state index contributed by atoms with van der Waals surface area (Å²) in [4.78, 5) is 2.42. The maximum atomic E-state index is 12.6. The summed E-state index contributed by atoms with van der Waals surface area (Å²) in [6.07, 6.45) is -3.17. The molecule has 0 bridgehead atoms. The summed E-state index contributed by atoms with van der Waals surface area (Å²) < 4.78 is 38.3. The first kappa shape index (κ1) is 16.6. The van der Waals surface area contributed by atoms with Crippen LogP contribution in [0.2, 0.25) is 0 Å². The molecule has 1 fully saturated rings. The molecule has 1 N–H and O–H groups in total. The van der Waals surface area contributed by atoms with Gasteiger partial charge in [0.25, 0.3) is 0 Å². The van der Waals surface area contributed by atoms with Crippen LogP contribution in [-0.2, 0) is 6.18 Å². The molecule has 2 nitrogen and oxygen atoms in total. The van der Waals surface area contributed by atoms with Crippen LogP contribution in [0.15, 0.2) is 22.7 Å². The Hall–Kier alpha value is -0.750. The van der Waals surface area contributed by atoms with E-state index in [0.717, 1.165) is 38.2 Å². The molecular formula is C15H20BrF3N2. The van der Waals surface area contributed by atoms with Crippen molar-refractivity contribution in [2.75, 3.05) is 25.0 Å². The fourth-order valence-corrected chi connectivity index (χ4v) is 3.11. The summed E-state index contributed by atoms with van der Waals surface area (Å²) in [7, 11) is 0. The second kappa shape index (κ2) is 6.57. The highest BCUT2D eigenvalue weighted by molar-refractivity contribution is 9.10. The van der Waals surface area contributed by atoms with E-state index in [1.807, 2.05) is 0 Å². The first-order valence-corrected chi connectivity index (χ1v) is 7.91. The van der Waals surface area contributed by atoms with Crippen molar-refractivity contribution in [1.29, 1.82) is 0 Å². The molecule has 1 heterocycles. The molecule has 6 heteroatoms. The van der Waals surface area contributed by atoms with Crippen LogP contribution in [0.25, 0.3) is 0 Å². The second-order valence-electron chi connectivity index (χ2n) is 5.82. The second-order valence-corrected chi connectivity index (χ2v) is 6.67. The lowest BCUT2D eigenvalue weighted by atomic mass is 10.1. The number of benzene rings is 1. The zero-order valence-corrected chi connectivity index (χ0v) is 13.8. The molecule has 0 amide bonds. The molecule has 0 saturated carbocycles. The lowest BCUT2D eigenvalue weighted by molar-refractivity contribution is -0.137. The number of halogens is 4. The highest BCUT2D eigenvalue weighted by Gasteiger charge is 2.31. The van der Waals surface area contributed by atoms with Gasteiger partial charge in [-0.25, -0.2) is 0 Å². The Kier molecular flexibility index (Phi) is 5.20. The van der Waals surface area contributed by atoms with Crippen LogP contribution in [0.3, 0.4) is 0 Å². The maximum Gasteiger partial charge on any atom is 0.416 e. The summed E-state index contributed by atoms with van der Waals surface area (Å²) in [5.41, 5.74) is 0.0813. The van der Waals surface area contributed by atoms with Crippen LogP contribution < -0.4 is 5.32 Å². The average molecular weight is 365 g/mol. The first-order chi connectivity index (χ1) is 9.77. The quantitative estimate of drug-likeness (QED) is 0.838. The number of anilines is 1. The topological polar surface area (TPSA) is 15.3 Å². The largest absolute Gasteiger partial charge is 0.416 e. The van der Waals surface area contributed by atoms with Crippen molar-refractivity contribution in [2.24, 2.45) is 5.92 Å². The van der Waals surface area contributed by atoms with Crippen LogP contribution in [0.4, 0.5) is 18.9 Å². The summed E-state index contributed by atoms with van der Waals surface area (Å²) in [5.74, 6) is 0.543. The highest BCUT2D eigenvalue weighted by Crippen LogP contribution is 2.34. The van der Waals surface area contributed by atoms with Crippen LogP contribution in [0.5, 0.6) is 0 Å². The van der Waals surface area contributed by atoms with Crippen molar-refractivity contribution < 1.29 is 13.2 Å². The van der Waals surface area contributed by atoms with Gasteiger partial charge >= 0.3 is 6.18 Å².